The molecule has 0 radical (unpaired) electrons. The number of sulfonamides is 1. The second-order valence-corrected chi connectivity index (χ2v) is 9.32. The third kappa shape index (κ3) is 7.95. The third-order valence-corrected chi connectivity index (χ3v) is 4.97. The third-order valence-electron chi connectivity index (χ3n) is 4.05. The van der Waals surface area contributed by atoms with E-state index in [2.05, 4.69) is 20.3 Å². The van der Waals surface area contributed by atoms with E-state index in [1.807, 2.05) is 45.0 Å². The van der Waals surface area contributed by atoms with Crippen LogP contribution < -0.4 is 20.1 Å². The maximum absolute atomic E-state index is 11.5. The van der Waals surface area contributed by atoms with Crippen molar-refractivity contribution < 1.29 is 17.6 Å². The highest BCUT2D eigenvalue weighted by Crippen LogP contribution is 2.31. The van der Waals surface area contributed by atoms with Gasteiger partial charge in [0.05, 0.1) is 25.4 Å². The lowest BCUT2D eigenvalue weighted by atomic mass is 10.1. The molecule has 1 aromatic carbocycles. The smallest absolute Gasteiger partial charge is 0.209 e. The molecule has 2 aromatic rings. The first kappa shape index (κ1) is 26.5. The number of ether oxygens (including phenoxy) is 1. The predicted molar refractivity (Wildman–Crippen MR) is 132 cm³/mol. The number of rotatable bonds is 9. The molecular weight excluding hydrogens is 519 g/mol. The molecule has 0 bridgehead atoms. The van der Waals surface area contributed by atoms with Gasteiger partial charge in [-0.1, -0.05) is 12.1 Å². The lowest BCUT2D eigenvalue weighted by molar-refractivity contribution is 0.336. The fourth-order valence-corrected chi connectivity index (χ4v) is 4.01. The molecule has 3 N–H and O–H groups in total. The van der Waals surface area contributed by atoms with Crippen LogP contribution in [0.25, 0.3) is 11.0 Å². The number of hydrogen-bond acceptors (Lipinski definition) is 5. The first-order valence-corrected chi connectivity index (χ1v) is 11.6. The predicted octanol–water partition coefficient (Wildman–Crippen LogP) is 3.39. The Bertz CT molecular complexity index is 957. The molecular formula is C20H33IN4O4S. The molecule has 1 heterocycles. The van der Waals surface area contributed by atoms with Crippen molar-refractivity contribution in [3.05, 3.63) is 30.0 Å². The summed E-state index contributed by atoms with van der Waals surface area (Å²) in [5, 5.41) is 7.46. The molecule has 0 aliphatic heterocycles. The molecule has 10 heteroatoms. The summed E-state index contributed by atoms with van der Waals surface area (Å²) in [4.78, 5) is 4.54. The second-order valence-electron chi connectivity index (χ2n) is 7.58. The number of para-hydroxylation sites is 1. The van der Waals surface area contributed by atoms with Gasteiger partial charge in [0.15, 0.2) is 17.3 Å². The van der Waals surface area contributed by atoms with Gasteiger partial charge in [-0.2, -0.15) is 0 Å². The van der Waals surface area contributed by atoms with E-state index in [-0.39, 0.29) is 36.6 Å². The van der Waals surface area contributed by atoms with E-state index in [0.29, 0.717) is 19.1 Å². The molecule has 0 spiro atoms. The Labute approximate surface area is 196 Å². The lowest BCUT2D eigenvalue weighted by Crippen LogP contribution is -2.47. The standard InChI is InChI=1S/C20H32N4O4S.HI/c1-7-21-19(22-13-20(4,5)24-29(6,25)26)23-14(3)17-12-15-10-9-11-16(27-8-2)18(15)28-17;/h9-12,14,24H,7-8,13H2,1-6H3,(H2,21,22,23);1H. The molecule has 0 fully saturated rings. The zero-order valence-electron chi connectivity index (χ0n) is 18.4. The number of nitrogens with zero attached hydrogens (tertiary/aromatic N) is 1. The first-order chi connectivity index (χ1) is 13.5. The number of fused-ring (bicyclic) bond motifs is 1. The van der Waals surface area contributed by atoms with Gasteiger partial charge in [-0.05, 0) is 46.8 Å². The van der Waals surface area contributed by atoms with Gasteiger partial charge in [0.25, 0.3) is 0 Å². The molecule has 0 saturated heterocycles. The number of nitrogens with one attached hydrogen (secondary N) is 3. The molecule has 0 aliphatic rings. The summed E-state index contributed by atoms with van der Waals surface area (Å²) in [7, 11) is -3.32. The maximum Gasteiger partial charge on any atom is 0.209 e. The fourth-order valence-electron chi connectivity index (χ4n) is 2.95. The van der Waals surface area contributed by atoms with Gasteiger partial charge in [0.2, 0.25) is 10.0 Å². The molecule has 0 amide bonds. The van der Waals surface area contributed by atoms with Gasteiger partial charge >= 0.3 is 0 Å². The number of hydrogen-bond donors (Lipinski definition) is 3. The summed E-state index contributed by atoms with van der Waals surface area (Å²) < 4.78 is 37.3. The van der Waals surface area contributed by atoms with Crippen molar-refractivity contribution in [3.8, 4) is 5.75 Å². The molecule has 0 saturated carbocycles. The van der Waals surface area contributed by atoms with Gasteiger partial charge in [-0.3, -0.25) is 4.99 Å². The SMILES string of the molecule is CCNC(=NCC(C)(C)NS(C)(=O)=O)NC(C)c1cc2cccc(OCC)c2o1.I. The van der Waals surface area contributed by atoms with Crippen LogP contribution in [0.1, 0.15) is 46.4 Å². The molecule has 8 nitrogen and oxygen atoms in total. The fraction of sp³-hybridized carbons (Fsp3) is 0.550. The van der Waals surface area contributed by atoms with Crippen LogP contribution in [0.15, 0.2) is 33.7 Å². The average Bonchev–Trinajstić information content (AvgIpc) is 3.03. The number of aliphatic imine (C=N–C) groups is 1. The Morgan fingerprint density at radius 2 is 2.00 bits per heavy atom. The highest BCUT2D eigenvalue weighted by molar-refractivity contribution is 14.0. The van der Waals surface area contributed by atoms with Crippen molar-refractivity contribution in [1.82, 2.24) is 15.4 Å². The topological polar surface area (TPSA) is 105 Å². The second kappa shape index (κ2) is 11.2. The Morgan fingerprint density at radius 3 is 2.60 bits per heavy atom. The molecule has 2 rings (SSSR count). The monoisotopic (exact) mass is 552 g/mol. The van der Waals surface area contributed by atoms with Gasteiger partial charge in [0, 0.05) is 17.5 Å². The van der Waals surface area contributed by atoms with Crippen molar-refractivity contribution in [2.45, 2.75) is 46.2 Å². The summed E-state index contributed by atoms with van der Waals surface area (Å²) in [6, 6.07) is 7.64. The summed E-state index contributed by atoms with van der Waals surface area (Å²) in [5.74, 6) is 2.05. The van der Waals surface area contributed by atoms with E-state index >= 15 is 0 Å². The van der Waals surface area contributed by atoms with Crippen LogP contribution in [0.4, 0.5) is 0 Å². The zero-order chi connectivity index (χ0) is 21.7. The van der Waals surface area contributed by atoms with Crippen molar-refractivity contribution in [1.29, 1.82) is 0 Å². The Morgan fingerprint density at radius 1 is 1.30 bits per heavy atom. The Kier molecular flexibility index (Phi) is 9.89. The summed E-state index contributed by atoms with van der Waals surface area (Å²) in [6.07, 6.45) is 1.14. The molecule has 1 aromatic heterocycles. The molecule has 170 valence electrons. The molecule has 1 atom stereocenters. The van der Waals surface area contributed by atoms with E-state index in [1.165, 1.54) is 0 Å². The van der Waals surface area contributed by atoms with E-state index in [0.717, 1.165) is 28.7 Å². The summed E-state index contributed by atoms with van der Waals surface area (Å²) in [6.45, 7) is 11.0. The van der Waals surface area contributed by atoms with Crippen LogP contribution in [0.5, 0.6) is 5.75 Å². The summed E-state index contributed by atoms with van der Waals surface area (Å²) >= 11 is 0. The minimum absolute atomic E-state index is 0. The molecule has 1 unspecified atom stereocenters. The maximum atomic E-state index is 11.5. The van der Waals surface area contributed by atoms with Gasteiger partial charge < -0.3 is 19.8 Å². The van der Waals surface area contributed by atoms with Crippen LogP contribution in [-0.4, -0.2) is 45.9 Å². The Hall–Kier alpha value is -1.53. The van der Waals surface area contributed by atoms with E-state index < -0.39 is 15.6 Å². The average molecular weight is 552 g/mol. The number of furan rings is 1. The number of guanidine groups is 1. The minimum atomic E-state index is -3.32. The van der Waals surface area contributed by atoms with Crippen molar-refractivity contribution in [2.24, 2.45) is 4.99 Å². The van der Waals surface area contributed by atoms with Crippen LogP contribution in [-0.2, 0) is 10.0 Å². The quantitative estimate of drug-likeness (QED) is 0.250. The van der Waals surface area contributed by atoms with Crippen LogP contribution in [0.3, 0.4) is 0 Å². The van der Waals surface area contributed by atoms with Gasteiger partial charge in [-0.15, -0.1) is 24.0 Å². The molecule has 30 heavy (non-hydrogen) atoms. The van der Waals surface area contributed by atoms with Gasteiger partial charge in [0.1, 0.15) is 5.76 Å². The summed E-state index contributed by atoms with van der Waals surface area (Å²) in [5.41, 5.74) is 0.0173. The van der Waals surface area contributed by atoms with Crippen LogP contribution in [0, 0.1) is 0 Å². The largest absolute Gasteiger partial charge is 0.490 e. The van der Waals surface area contributed by atoms with E-state index in [9.17, 15) is 8.42 Å². The van der Waals surface area contributed by atoms with Gasteiger partial charge in [-0.25, -0.2) is 13.1 Å². The lowest BCUT2D eigenvalue weighted by Gasteiger charge is -2.24. The Balaban J connectivity index is 0.00000450. The van der Waals surface area contributed by atoms with Crippen molar-refractivity contribution in [2.75, 3.05) is 26.0 Å². The van der Waals surface area contributed by atoms with Crippen molar-refractivity contribution >= 4 is 50.9 Å². The van der Waals surface area contributed by atoms with Crippen LogP contribution in [0.2, 0.25) is 0 Å². The number of halogens is 1. The van der Waals surface area contributed by atoms with Crippen LogP contribution >= 0.6 is 24.0 Å². The minimum Gasteiger partial charge on any atom is -0.490 e. The number of benzene rings is 1. The molecule has 0 aliphatic carbocycles. The van der Waals surface area contributed by atoms with E-state index in [1.54, 1.807) is 13.8 Å². The highest BCUT2D eigenvalue weighted by atomic mass is 127. The van der Waals surface area contributed by atoms with E-state index in [4.69, 9.17) is 9.15 Å². The zero-order valence-corrected chi connectivity index (χ0v) is 21.6. The normalized spacial score (nSPS) is 13.6. The van der Waals surface area contributed by atoms with Crippen molar-refractivity contribution in [3.63, 3.8) is 0 Å². The first-order valence-electron chi connectivity index (χ1n) is 9.73. The highest BCUT2D eigenvalue weighted by Gasteiger charge is 2.22.